The first kappa shape index (κ1) is 37.5. The Hall–Kier alpha value is -3.96. The van der Waals surface area contributed by atoms with Gasteiger partial charge in [-0.05, 0) is 42.6 Å². The van der Waals surface area contributed by atoms with Gasteiger partial charge in [0.2, 0.25) is 23.6 Å². The van der Waals surface area contributed by atoms with Crippen molar-refractivity contribution in [2.75, 3.05) is 27.2 Å². The maximum Gasteiger partial charge on any atom is 0.329 e. The lowest BCUT2D eigenvalue weighted by molar-refractivity contribution is -0.168. The number of esters is 1. The van der Waals surface area contributed by atoms with Crippen molar-refractivity contribution in [3.05, 3.63) is 35.9 Å². The van der Waals surface area contributed by atoms with Gasteiger partial charge in [-0.3, -0.25) is 24.0 Å². The summed E-state index contributed by atoms with van der Waals surface area (Å²) < 4.78 is 5.84. The molecule has 0 bridgehead atoms. The molecule has 2 aliphatic rings. The third kappa shape index (κ3) is 9.54. The van der Waals surface area contributed by atoms with Crippen molar-refractivity contribution in [1.82, 2.24) is 25.3 Å². The monoisotopic (exact) mass is 655 g/mol. The van der Waals surface area contributed by atoms with E-state index >= 15 is 0 Å². The lowest BCUT2D eigenvalue weighted by Gasteiger charge is -2.38. The van der Waals surface area contributed by atoms with Crippen molar-refractivity contribution in [3.63, 3.8) is 0 Å². The standard InChI is InChI=1S/C35H53N5O7/c1-21(2)19-27-33(44)39(8)30(23(5)6)34(45)38(7)29(22(3)4)32(43)37-25(20-24-13-10-9-11-14-24)31(42)36-17-16-28(41)40-18-12-15-26(40)35(46)47-27/h9-11,13-14,21-23,25-27,29-30H,12,15-20H2,1-8H3,(H,36,42)(H,37,43)/t25-,26-,27-,29+,30-/m0/s1. The van der Waals surface area contributed by atoms with E-state index in [-0.39, 0.29) is 49.5 Å². The van der Waals surface area contributed by atoms with E-state index in [4.69, 9.17) is 4.74 Å². The minimum Gasteiger partial charge on any atom is -0.451 e. The van der Waals surface area contributed by atoms with Crippen LogP contribution in [0.25, 0.3) is 0 Å². The Bertz CT molecular complexity index is 1280. The quantitative estimate of drug-likeness (QED) is 0.447. The van der Waals surface area contributed by atoms with Gasteiger partial charge in [0.15, 0.2) is 6.10 Å². The van der Waals surface area contributed by atoms with Crippen LogP contribution in [-0.2, 0) is 39.9 Å². The fourth-order valence-electron chi connectivity index (χ4n) is 6.57. The van der Waals surface area contributed by atoms with Crippen LogP contribution < -0.4 is 10.6 Å². The van der Waals surface area contributed by atoms with Crippen molar-refractivity contribution in [3.8, 4) is 0 Å². The predicted molar refractivity (Wildman–Crippen MR) is 177 cm³/mol. The van der Waals surface area contributed by atoms with Crippen LogP contribution in [0.5, 0.6) is 0 Å². The molecule has 3 rings (SSSR count). The van der Waals surface area contributed by atoms with Crippen LogP contribution in [0.3, 0.4) is 0 Å². The lowest BCUT2D eigenvalue weighted by Crippen LogP contribution is -2.60. The summed E-state index contributed by atoms with van der Waals surface area (Å²) in [6, 6.07) is 5.49. The number of ether oxygens (including phenoxy) is 1. The van der Waals surface area contributed by atoms with Gasteiger partial charge >= 0.3 is 5.97 Å². The highest BCUT2D eigenvalue weighted by Gasteiger charge is 2.42. The summed E-state index contributed by atoms with van der Waals surface area (Å²) in [6.07, 6.45) is 0.205. The molecule has 0 spiro atoms. The van der Waals surface area contributed by atoms with Crippen LogP contribution in [0.2, 0.25) is 0 Å². The molecule has 2 N–H and O–H groups in total. The summed E-state index contributed by atoms with van der Waals surface area (Å²) in [6.45, 7) is 11.4. The van der Waals surface area contributed by atoms with Crippen LogP contribution >= 0.6 is 0 Å². The Morgan fingerprint density at radius 3 is 2.04 bits per heavy atom. The van der Waals surface area contributed by atoms with E-state index in [1.54, 1.807) is 0 Å². The van der Waals surface area contributed by atoms with Gasteiger partial charge in [0.05, 0.1) is 0 Å². The maximum atomic E-state index is 14.2. The molecule has 2 aliphatic heterocycles. The molecule has 0 saturated carbocycles. The number of fused-ring (bicyclic) bond motifs is 1. The number of benzene rings is 1. The fraction of sp³-hybridized carbons (Fsp3) is 0.657. The van der Waals surface area contributed by atoms with E-state index in [1.807, 2.05) is 71.9 Å². The van der Waals surface area contributed by atoms with Crippen LogP contribution in [-0.4, -0.2) is 108 Å². The number of carbonyl (C=O) groups is 6. The summed E-state index contributed by atoms with van der Waals surface area (Å²) in [4.78, 5) is 86.5. The molecule has 0 radical (unpaired) electrons. The largest absolute Gasteiger partial charge is 0.451 e. The third-order valence-electron chi connectivity index (χ3n) is 8.93. The second-order valence-corrected chi connectivity index (χ2v) is 13.9. The molecule has 2 fully saturated rings. The zero-order valence-corrected chi connectivity index (χ0v) is 29.2. The zero-order chi connectivity index (χ0) is 35.0. The molecule has 0 aromatic heterocycles. The number of hydrogen-bond acceptors (Lipinski definition) is 7. The lowest BCUT2D eigenvalue weighted by atomic mass is 9.95. The molecule has 5 atom stereocenters. The first-order chi connectivity index (χ1) is 22.1. The number of likely N-dealkylation sites (N-methyl/N-ethyl adjacent to an activating group) is 2. The van der Waals surface area contributed by atoms with Gasteiger partial charge in [0.1, 0.15) is 24.2 Å². The second-order valence-electron chi connectivity index (χ2n) is 13.9. The fourth-order valence-corrected chi connectivity index (χ4v) is 6.57. The normalized spacial score (nSPS) is 26.2. The number of rotatable bonds is 6. The highest BCUT2D eigenvalue weighted by molar-refractivity contribution is 5.95. The number of nitrogens with one attached hydrogen (secondary N) is 2. The first-order valence-electron chi connectivity index (χ1n) is 16.8. The van der Waals surface area contributed by atoms with E-state index in [0.29, 0.717) is 19.4 Å². The molecule has 1 aromatic carbocycles. The smallest absolute Gasteiger partial charge is 0.329 e. The molecule has 0 aliphatic carbocycles. The van der Waals surface area contributed by atoms with Crippen molar-refractivity contribution in [1.29, 1.82) is 0 Å². The molecular formula is C35H53N5O7. The topological polar surface area (TPSA) is 145 Å². The number of carbonyl (C=O) groups excluding carboxylic acids is 6. The minimum absolute atomic E-state index is 0.00157. The van der Waals surface area contributed by atoms with Gasteiger partial charge in [-0.15, -0.1) is 0 Å². The Morgan fingerprint density at radius 1 is 0.830 bits per heavy atom. The Morgan fingerprint density at radius 2 is 1.45 bits per heavy atom. The summed E-state index contributed by atoms with van der Waals surface area (Å²) >= 11 is 0. The third-order valence-corrected chi connectivity index (χ3v) is 8.93. The van der Waals surface area contributed by atoms with E-state index in [9.17, 15) is 28.8 Å². The minimum atomic E-state index is -1.16. The second kappa shape index (κ2) is 16.7. The van der Waals surface area contributed by atoms with Crippen molar-refractivity contribution in [2.24, 2.45) is 17.8 Å². The maximum absolute atomic E-state index is 14.2. The van der Waals surface area contributed by atoms with E-state index < -0.39 is 59.9 Å². The Balaban J connectivity index is 2.05. The van der Waals surface area contributed by atoms with Gasteiger partial charge in [-0.1, -0.05) is 71.9 Å². The molecule has 1 aromatic rings. The molecule has 0 unspecified atom stereocenters. The average Bonchev–Trinajstić information content (AvgIpc) is 3.50. The summed E-state index contributed by atoms with van der Waals surface area (Å²) in [5.41, 5.74) is 0.822. The number of nitrogens with zero attached hydrogens (tertiary/aromatic N) is 3. The van der Waals surface area contributed by atoms with Crippen molar-refractivity contribution in [2.45, 2.75) is 104 Å². The molecule has 2 saturated heterocycles. The Kier molecular flexibility index (Phi) is 13.4. The first-order valence-corrected chi connectivity index (χ1v) is 16.8. The number of cyclic esters (lactones) is 1. The SMILES string of the molecule is CC(C)C[C@@H]1OC(=O)[C@@H]2CCCN2C(=O)CCNC(=O)[C@H](Cc2ccccc2)NC(=O)[C@@H](C(C)C)N(C)C(=O)[C@H](C(C)C)N(C)C1=O. The summed E-state index contributed by atoms with van der Waals surface area (Å²) in [5.74, 6) is -3.63. The van der Waals surface area contributed by atoms with Gasteiger partial charge < -0.3 is 30.1 Å². The number of amides is 5. The molecule has 12 nitrogen and oxygen atoms in total. The van der Waals surface area contributed by atoms with Crippen LogP contribution in [0.15, 0.2) is 30.3 Å². The molecular weight excluding hydrogens is 602 g/mol. The van der Waals surface area contributed by atoms with Crippen LogP contribution in [0, 0.1) is 17.8 Å². The Labute approximate surface area is 278 Å². The molecule has 2 heterocycles. The van der Waals surface area contributed by atoms with E-state index in [2.05, 4.69) is 10.6 Å². The summed E-state index contributed by atoms with van der Waals surface area (Å²) in [5, 5.41) is 5.66. The van der Waals surface area contributed by atoms with E-state index in [1.165, 1.54) is 28.8 Å². The van der Waals surface area contributed by atoms with Crippen LogP contribution in [0.1, 0.15) is 72.8 Å². The van der Waals surface area contributed by atoms with Crippen LogP contribution in [0.4, 0.5) is 0 Å². The predicted octanol–water partition coefficient (Wildman–Crippen LogP) is 2.15. The van der Waals surface area contributed by atoms with Crippen molar-refractivity contribution >= 4 is 35.5 Å². The van der Waals surface area contributed by atoms with Gasteiger partial charge in [-0.2, -0.15) is 0 Å². The molecule has 47 heavy (non-hydrogen) atoms. The number of hydrogen-bond donors (Lipinski definition) is 2. The van der Waals surface area contributed by atoms with Crippen molar-refractivity contribution < 1.29 is 33.5 Å². The molecule has 12 heteroatoms. The molecule has 5 amide bonds. The summed E-state index contributed by atoms with van der Waals surface area (Å²) in [7, 11) is 3.04. The zero-order valence-electron chi connectivity index (χ0n) is 29.2. The van der Waals surface area contributed by atoms with E-state index in [0.717, 1.165) is 5.56 Å². The van der Waals surface area contributed by atoms with Gasteiger partial charge in [-0.25, -0.2) is 4.79 Å². The highest BCUT2D eigenvalue weighted by atomic mass is 16.6. The highest BCUT2D eigenvalue weighted by Crippen LogP contribution is 2.24. The van der Waals surface area contributed by atoms with Gasteiger partial charge in [0, 0.05) is 40.0 Å². The molecule has 260 valence electrons. The van der Waals surface area contributed by atoms with Gasteiger partial charge in [0.25, 0.3) is 5.91 Å². The average molecular weight is 656 g/mol.